The number of esters is 1. The predicted octanol–water partition coefficient (Wildman–Crippen LogP) is 2.04. The van der Waals surface area contributed by atoms with Gasteiger partial charge in [-0.2, -0.15) is 0 Å². The lowest BCUT2D eigenvalue weighted by molar-refractivity contribution is -0.153. The van der Waals surface area contributed by atoms with Gasteiger partial charge >= 0.3 is 12.1 Å². The molecule has 158 valence electrons. The highest BCUT2D eigenvalue weighted by Crippen LogP contribution is 2.33. The van der Waals surface area contributed by atoms with Crippen molar-refractivity contribution in [1.82, 2.24) is 9.80 Å². The van der Waals surface area contributed by atoms with Crippen LogP contribution in [0.5, 0.6) is 11.5 Å². The number of Topliss-reactive ketones (excluding diaryl/α,β-unsaturated/α-hetero) is 1. The zero-order chi connectivity index (χ0) is 20.8. The van der Waals surface area contributed by atoms with E-state index in [4.69, 9.17) is 18.9 Å². The van der Waals surface area contributed by atoms with Crippen molar-refractivity contribution in [2.24, 2.45) is 0 Å². The second-order valence-electron chi connectivity index (χ2n) is 7.10. The number of rotatable bonds is 7. The van der Waals surface area contributed by atoms with E-state index in [-0.39, 0.29) is 19.1 Å². The van der Waals surface area contributed by atoms with Crippen LogP contribution in [0.1, 0.15) is 36.5 Å². The van der Waals surface area contributed by atoms with Gasteiger partial charge in [-0.1, -0.05) is 6.42 Å². The first-order valence-corrected chi connectivity index (χ1v) is 9.67. The van der Waals surface area contributed by atoms with E-state index in [1.807, 2.05) is 4.90 Å². The summed E-state index contributed by atoms with van der Waals surface area (Å²) in [5.74, 6) is 0.360. The first-order valence-electron chi connectivity index (χ1n) is 9.67. The fraction of sp³-hybridized carbons (Fsp3) is 0.550. The van der Waals surface area contributed by atoms with E-state index in [0.717, 1.165) is 30.8 Å². The molecule has 9 nitrogen and oxygen atoms in total. The van der Waals surface area contributed by atoms with Gasteiger partial charge in [0.2, 0.25) is 13.6 Å². The van der Waals surface area contributed by atoms with Crippen LogP contribution >= 0.6 is 0 Å². The minimum atomic E-state index is -0.771. The molecule has 0 aliphatic carbocycles. The summed E-state index contributed by atoms with van der Waals surface area (Å²) in [7, 11) is 1.45. The van der Waals surface area contributed by atoms with Gasteiger partial charge in [-0.05, 0) is 51.1 Å². The van der Waals surface area contributed by atoms with E-state index in [1.165, 1.54) is 13.5 Å². The number of ether oxygens (including phenoxy) is 4. The summed E-state index contributed by atoms with van der Waals surface area (Å²) < 4.78 is 20.5. The van der Waals surface area contributed by atoms with Gasteiger partial charge in [0.25, 0.3) is 0 Å². The van der Waals surface area contributed by atoms with Crippen LogP contribution in [0.4, 0.5) is 4.79 Å². The summed E-state index contributed by atoms with van der Waals surface area (Å²) >= 11 is 0. The van der Waals surface area contributed by atoms with Crippen LogP contribution in [0, 0.1) is 0 Å². The molecule has 9 heteroatoms. The molecule has 0 saturated carbocycles. The highest BCUT2D eigenvalue weighted by atomic mass is 16.7. The van der Waals surface area contributed by atoms with E-state index in [1.54, 1.807) is 25.1 Å². The van der Waals surface area contributed by atoms with E-state index < -0.39 is 24.9 Å². The fourth-order valence-corrected chi connectivity index (χ4v) is 3.22. The maximum atomic E-state index is 12.7. The Morgan fingerprint density at radius 1 is 1.10 bits per heavy atom. The number of carbonyl (C=O) groups is 3. The molecule has 1 aromatic carbocycles. The van der Waals surface area contributed by atoms with Crippen molar-refractivity contribution in [2.75, 3.05) is 40.3 Å². The van der Waals surface area contributed by atoms with E-state index >= 15 is 0 Å². The monoisotopic (exact) mass is 406 g/mol. The lowest BCUT2D eigenvalue weighted by atomic mass is 10.0. The number of fused-ring (bicyclic) bond motifs is 1. The smallest absolute Gasteiger partial charge is 0.413 e. The largest absolute Gasteiger partial charge is 0.454 e. The van der Waals surface area contributed by atoms with Gasteiger partial charge in [0.1, 0.15) is 0 Å². The van der Waals surface area contributed by atoms with Crippen LogP contribution in [0.3, 0.4) is 0 Å². The van der Waals surface area contributed by atoms with Crippen molar-refractivity contribution >= 4 is 17.8 Å². The summed E-state index contributed by atoms with van der Waals surface area (Å²) in [6, 6.07) is 4.09. The molecule has 0 aromatic heterocycles. The molecule has 29 heavy (non-hydrogen) atoms. The Labute approximate surface area is 169 Å². The normalized spacial score (nSPS) is 16.8. The number of amides is 1. The van der Waals surface area contributed by atoms with Gasteiger partial charge in [0.05, 0.1) is 12.6 Å². The molecular formula is C20H26N2O7. The average Bonchev–Trinajstić information content (AvgIpc) is 3.20. The van der Waals surface area contributed by atoms with Crippen LogP contribution in [0.25, 0.3) is 0 Å². The molecule has 2 aliphatic rings. The summed E-state index contributed by atoms with van der Waals surface area (Å²) in [6.45, 7) is 3.16. The standard InChI is InChI=1S/C20H26N2O7/c1-14(19(24)15-6-7-16-17(10-15)27-12-26-16)21(2)20(25)29-13-28-18(23)11-22-8-4-3-5-9-22/h6-7,10,14H,3-5,8-9,11-13H2,1-2H3. The fourth-order valence-electron chi connectivity index (χ4n) is 3.22. The van der Waals surface area contributed by atoms with Crippen molar-refractivity contribution in [3.63, 3.8) is 0 Å². The molecule has 0 bridgehead atoms. The number of piperidine rings is 1. The predicted molar refractivity (Wildman–Crippen MR) is 102 cm³/mol. The third-order valence-corrected chi connectivity index (χ3v) is 5.11. The minimum absolute atomic E-state index is 0.116. The molecule has 3 rings (SSSR count). The minimum Gasteiger partial charge on any atom is -0.454 e. The Balaban J connectivity index is 1.43. The lowest BCUT2D eigenvalue weighted by Gasteiger charge is -2.25. The molecule has 0 N–H and O–H groups in total. The highest BCUT2D eigenvalue weighted by Gasteiger charge is 2.26. The zero-order valence-corrected chi connectivity index (χ0v) is 16.7. The number of likely N-dealkylation sites (N-methyl/N-ethyl adjacent to an activating group) is 1. The summed E-state index contributed by atoms with van der Waals surface area (Å²) in [6.07, 6.45) is 2.57. The number of hydrogen-bond donors (Lipinski definition) is 0. The second-order valence-corrected chi connectivity index (χ2v) is 7.10. The lowest BCUT2D eigenvalue weighted by Crippen LogP contribution is -2.41. The topological polar surface area (TPSA) is 94.6 Å². The number of benzene rings is 1. The molecule has 0 spiro atoms. The maximum Gasteiger partial charge on any atom is 0.413 e. The highest BCUT2D eigenvalue weighted by molar-refractivity contribution is 6.01. The van der Waals surface area contributed by atoms with Crippen LogP contribution in [-0.2, 0) is 14.3 Å². The van der Waals surface area contributed by atoms with Gasteiger partial charge in [-0.3, -0.25) is 14.5 Å². The number of carbonyl (C=O) groups excluding carboxylic acids is 3. The Morgan fingerprint density at radius 3 is 2.59 bits per heavy atom. The van der Waals surface area contributed by atoms with E-state index in [9.17, 15) is 14.4 Å². The summed E-state index contributed by atoms with van der Waals surface area (Å²) in [5, 5.41) is 0. The molecule has 1 atom stereocenters. The van der Waals surface area contributed by atoms with Gasteiger partial charge in [0.15, 0.2) is 17.3 Å². The molecule has 1 aromatic rings. The molecular weight excluding hydrogens is 380 g/mol. The molecule has 1 unspecified atom stereocenters. The average molecular weight is 406 g/mol. The van der Waals surface area contributed by atoms with Crippen LogP contribution < -0.4 is 9.47 Å². The Kier molecular flexibility index (Phi) is 6.92. The second kappa shape index (κ2) is 9.60. The summed E-state index contributed by atoms with van der Waals surface area (Å²) in [5.41, 5.74) is 0.398. The maximum absolute atomic E-state index is 12.7. The number of likely N-dealkylation sites (tertiary alicyclic amines) is 1. The van der Waals surface area contributed by atoms with Crippen molar-refractivity contribution in [1.29, 1.82) is 0 Å². The van der Waals surface area contributed by atoms with E-state index in [2.05, 4.69) is 0 Å². The Hall–Kier alpha value is -2.81. The van der Waals surface area contributed by atoms with Gasteiger partial charge in [-0.15, -0.1) is 0 Å². The SMILES string of the molecule is CC(C(=O)c1ccc2c(c1)OCO2)N(C)C(=O)OCOC(=O)CN1CCCCC1. The third-order valence-electron chi connectivity index (χ3n) is 5.11. The van der Waals surface area contributed by atoms with Crippen LogP contribution in [-0.4, -0.2) is 74.0 Å². The molecule has 0 radical (unpaired) electrons. The van der Waals surface area contributed by atoms with Crippen LogP contribution in [0.15, 0.2) is 18.2 Å². The van der Waals surface area contributed by atoms with Crippen molar-refractivity contribution < 1.29 is 33.3 Å². The van der Waals surface area contributed by atoms with Crippen molar-refractivity contribution in [2.45, 2.75) is 32.2 Å². The number of hydrogen-bond acceptors (Lipinski definition) is 8. The quantitative estimate of drug-likeness (QED) is 0.386. The number of ketones is 1. The van der Waals surface area contributed by atoms with Gasteiger partial charge < -0.3 is 23.8 Å². The molecule has 2 aliphatic heterocycles. The van der Waals surface area contributed by atoms with Crippen LogP contribution in [0.2, 0.25) is 0 Å². The first-order chi connectivity index (χ1) is 14.0. The first kappa shape index (κ1) is 20.9. The Bertz CT molecular complexity index is 761. The molecule has 1 fully saturated rings. The van der Waals surface area contributed by atoms with E-state index in [0.29, 0.717) is 17.1 Å². The van der Waals surface area contributed by atoms with Crippen molar-refractivity contribution in [3.8, 4) is 11.5 Å². The van der Waals surface area contributed by atoms with Crippen molar-refractivity contribution in [3.05, 3.63) is 23.8 Å². The number of nitrogens with zero attached hydrogens (tertiary/aromatic N) is 2. The van der Waals surface area contributed by atoms with Gasteiger partial charge in [0, 0.05) is 12.6 Å². The van der Waals surface area contributed by atoms with Gasteiger partial charge in [-0.25, -0.2) is 4.79 Å². The zero-order valence-electron chi connectivity index (χ0n) is 16.7. The third kappa shape index (κ3) is 5.38. The Morgan fingerprint density at radius 2 is 1.83 bits per heavy atom. The molecule has 1 saturated heterocycles. The molecule has 2 heterocycles. The molecule has 1 amide bonds. The summed E-state index contributed by atoms with van der Waals surface area (Å²) in [4.78, 5) is 39.9.